The number of pyridine rings is 1. The lowest BCUT2D eigenvalue weighted by Crippen LogP contribution is -2.07. The van der Waals surface area contributed by atoms with Crippen molar-refractivity contribution >= 4 is 5.69 Å². The van der Waals surface area contributed by atoms with Gasteiger partial charge in [0.2, 0.25) is 17.7 Å². The maximum absolute atomic E-state index is 12.7. The molecule has 1 N–H and O–H groups in total. The molecule has 0 aliphatic carbocycles. The summed E-state index contributed by atoms with van der Waals surface area (Å²) in [6.45, 7) is 0.375. The summed E-state index contributed by atoms with van der Waals surface area (Å²) in [5.74, 6) is 0.326. The zero-order chi connectivity index (χ0) is 13.7. The molecule has 0 bridgehead atoms. The smallest absolute Gasteiger partial charge is 0.225 e. The molecule has 2 aromatic heterocycles. The molecule has 2 heterocycles. The molecule has 0 atom stereocenters. The molecule has 2 rings (SSSR count). The topological polar surface area (TPSA) is 69.2 Å². The fourth-order valence-electron chi connectivity index (χ4n) is 1.55. The van der Waals surface area contributed by atoms with Gasteiger partial charge >= 0.3 is 0 Å². The van der Waals surface area contributed by atoms with Gasteiger partial charge in [-0.2, -0.15) is 4.39 Å². The van der Waals surface area contributed by atoms with Crippen molar-refractivity contribution in [2.75, 3.05) is 19.5 Å². The molecule has 0 aliphatic heterocycles. The summed E-state index contributed by atoms with van der Waals surface area (Å²) in [6.07, 6.45) is 2.76. The molecule has 0 aliphatic rings. The Morgan fingerprint density at radius 1 is 1.11 bits per heavy atom. The van der Waals surface area contributed by atoms with E-state index >= 15 is 0 Å². The number of rotatable bonds is 5. The lowest BCUT2D eigenvalue weighted by Gasteiger charge is -2.12. The molecule has 0 unspecified atom stereocenters. The predicted octanol–water partition coefficient (Wildman–Crippen LogP) is 1.64. The summed E-state index contributed by atoms with van der Waals surface area (Å²) < 4.78 is 23.0. The molecule has 0 amide bonds. The van der Waals surface area contributed by atoms with Gasteiger partial charge in [0, 0.05) is 0 Å². The maximum atomic E-state index is 12.7. The van der Waals surface area contributed by atoms with Crippen LogP contribution in [0.1, 0.15) is 5.56 Å². The Labute approximate surface area is 109 Å². The minimum absolute atomic E-state index is 0.375. The monoisotopic (exact) mass is 264 g/mol. The quantitative estimate of drug-likeness (QED) is 0.828. The van der Waals surface area contributed by atoms with Crippen LogP contribution in [0, 0.1) is 5.95 Å². The number of hydrogen-bond acceptors (Lipinski definition) is 6. The van der Waals surface area contributed by atoms with Gasteiger partial charge in [-0.05, 0) is 12.1 Å². The van der Waals surface area contributed by atoms with E-state index in [-0.39, 0.29) is 0 Å². The fraction of sp³-hybridized carbons (Fsp3) is 0.250. The second-order valence-corrected chi connectivity index (χ2v) is 3.59. The van der Waals surface area contributed by atoms with E-state index in [0.717, 1.165) is 0 Å². The summed E-state index contributed by atoms with van der Waals surface area (Å²) in [7, 11) is 3.04. The molecule has 0 spiro atoms. The van der Waals surface area contributed by atoms with E-state index in [9.17, 15) is 4.39 Å². The molecular weight excluding hydrogens is 251 g/mol. The highest BCUT2D eigenvalue weighted by molar-refractivity contribution is 5.44. The molecule has 0 saturated heterocycles. The van der Waals surface area contributed by atoms with Crippen LogP contribution in [0.2, 0.25) is 0 Å². The highest BCUT2D eigenvalue weighted by Crippen LogP contribution is 2.24. The molecular formula is C12H13FN4O2. The SMILES string of the molecule is COc1ncnc(OC)c1CNc1ccc(F)nc1. The Kier molecular flexibility index (Phi) is 4.07. The number of ether oxygens (including phenoxy) is 2. The van der Waals surface area contributed by atoms with Crippen molar-refractivity contribution in [1.82, 2.24) is 15.0 Å². The number of halogens is 1. The van der Waals surface area contributed by atoms with Gasteiger partial charge in [-0.1, -0.05) is 0 Å². The normalized spacial score (nSPS) is 10.1. The molecule has 0 aromatic carbocycles. The first-order valence-corrected chi connectivity index (χ1v) is 5.52. The van der Waals surface area contributed by atoms with Crippen LogP contribution in [0.25, 0.3) is 0 Å². The van der Waals surface area contributed by atoms with Crippen LogP contribution in [0.5, 0.6) is 11.8 Å². The van der Waals surface area contributed by atoms with Crippen molar-refractivity contribution in [2.45, 2.75) is 6.54 Å². The minimum Gasteiger partial charge on any atom is -0.481 e. The van der Waals surface area contributed by atoms with Crippen LogP contribution in [0.15, 0.2) is 24.7 Å². The van der Waals surface area contributed by atoms with Gasteiger partial charge in [0.05, 0.1) is 38.2 Å². The predicted molar refractivity (Wildman–Crippen MR) is 66.7 cm³/mol. The van der Waals surface area contributed by atoms with Crippen LogP contribution in [0.3, 0.4) is 0 Å². The Morgan fingerprint density at radius 3 is 2.32 bits per heavy atom. The third-order valence-corrected chi connectivity index (χ3v) is 2.45. The van der Waals surface area contributed by atoms with Crippen LogP contribution < -0.4 is 14.8 Å². The van der Waals surface area contributed by atoms with Gasteiger partial charge in [-0.15, -0.1) is 0 Å². The lowest BCUT2D eigenvalue weighted by molar-refractivity contribution is 0.363. The van der Waals surface area contributed by atoms with Crippen molar-refractivity contribution < 1.29 is 13.9 Å². The summed E-state index contributed by atoms with van der Waals surface area (Å²) in [5, 5.41) is 3.07. The number of nitrogens with one attached hydrogen (secondary N) is 1. The van der Waals surface area contributed by atoms with E-state index in [4.69, 9.17) is 9.47 Å². The highest BCUT2D eigenvalue weighted by Gasteiger charge is 2.12. The molecule has 0 fully saturated rings. The van der Waals surface area contributed by atoms with Crippen molar-refractivity contribution in [3.8, 4) is 11.8 Å². The Hall–Kier alpha value is -2.44. The first kappa shape index (κ1) is 13.0. The van der Waals surface area contributed by atoms with Gasteiger partial charge in [0.25, 0.3) is 0 Å². The standard InChI is InChI=1S/C12H13FN4O2/c1-18-11-9(12(19-2)17-7-16-11)6-14-8-3-4-10(13)15-5-8/h3-5,7,14H,6H2,1-2H3. The van der Waals surface area contributed by atoms with Gasteiger partial charge in [0.15, 0.2) is 0 Å². The molecule has 19 heavy (non-hydrogen) atoms. The van der Waals surface area contributed by atoms with E-state index in [1.807, 2.05) is 0 Å². The first-order chi connectivity index (χ1) is 9.24. The Morgan fingerprint density at radius 2 is 1.79 bits per heavy atom. The molecule has 2 aromatic rings. The summed E-state index contributed by atoms with van der Waals surface area (Å²) in [6, 6.07) is 2.86. The minimum atomic E-state index is -0.524. The summed E-state index contributed by atoms with van der Waals surface area (Å²) >= 11 is 0. The largest absolute Gasteiger partial charge is 0.481 e. The first-order valence-electron chi connectivity index (χ1n) is 5.52. The van der Waals surface area contributed by atoms with Gasteiger partial charge in [-0.25, -0.2) is 15.0 Å². The van der Waals surface area contributed by atoms with Gasteiger partial charge in [-0.3, -0.25) is 0 Å². The molecule has 100 valence electrons. The van der Waals surface area contributed by atoms with Crippen molar-refractivity contribution in [3.63, 3.8) is 0 Å². The number of hydrogen-bond donors (Lipinski definition) is 1. The fourth-order valence-corrected chi connectivity index (χ4v) is 1.55. The maximum Gasteiger partial charge on any atom is 0.225 e. The second-order valence-electron chi connectivity index (χ2n) is 3.59. The molecule has 0 saturated carbocycles. The zero-order valence-corrected chi connectivity index (χ0v) is 10.6. The number of nitrogens with zero attached hydrogens (tertiary/aromatic N) is 3. The van der Waals surface area contributed by atoms with E-state index < -0.39 is 5.95 Å². The Balaban J connectivity index is 2.16. The van der Waals surface area contributed by atoms with Gasteiger partial charge in [0.1, 0.15) is 6.33 Å². The van der Waals surface area contributed by atoms with E-state index in [0.29, 0.717) is 29.6 Å². The van der Waals surface area contributed by atoms with Crippen molar-refractivity contribution in [2.24, 2.45) is 0 Å². The zero-order valence-electron chi connectivity index (χ0n) is 10.6. The van der Waals surface area contributed by atoms with Crippen molar-refractivity contribution in [3.05, 3.63) is 36.2 Å². The van der Waals surface area contributed by atoms with Crippen LogP contribution in [-0.2, 0) is 6.54 Å². The third kappa shape index (κ3) is 3.06. The van der Waals surface area contributed by atoms with E-state index in [1.165, 1.54) is 32.8 Å². The van der Waals surface area contributed by atoms with E-state index in [1.54, 1.807) is 6.07 Å². The summed E-state index contributed by atoms with van der Waals surface area (Å²) in [4.78, 5) is 11.6. The third-order valence-electron chi connectivity index (χ3n) is 2.45. The number of aromatic nitrogens is 3. The molecule has 6 nitrogen and oxygen atoms in total. The van der Waals surface area contributed by atoms with Crippen LogP contribution in [-0.4, -0.2) is 29.2 Å². The molecule has 0 radical (unpaired) electrons. The second kappa shape index (κ2) is 5.94. The Bertz CT molecular complexity index is 526. The number of anilines is 1. The van der Waals surface area contributed by atoms with Crippen LogP contribution >= 0.6 is 0 Å². The van der Waals surface area contributed by atoms with Gasteiger partial charge < -0.3 is 14.8 Å². The molecule has 7 heteroatoms. The lowest BCUT2D eigenvalue weighted by atomic mass is 10.3. The summed E-state index contributed by atoms with van der Waals surface area (Å²) in [5.41, 5.74) is 1.35. The highest BCUT2D eigenvalue weighted by atomic mass is 19.1. The van der Waals surface area contributed by atoms with Crippen molar-refractivity contribution in [1.29, 1.82) is 0 Å². The van der Waals surface area contributed by atoms with Crippen LogP contribution in [0.4, 0.5) is 10.1 Å². The number of methoxy groups -OCH3 is 2. The van der Waals surface area contributed by atoms with E-state index in [2.05, 4.69) is 20.3 Å². The average Bonchev–Trinajstić information content (AvgIpc) is 2.46. The average molecular weight is 264 g/mol.